The molecule has 0 radical (unpaired) electrons. The van der Waals surface area contributed by atoms with E-state index in [0.29, 0.717) is 29.3 Å². The number of aryl methyl sites for hydroxylation is 1. The Morgan fingerprint density at radius 2 is 1.71 bits per heavy atom. The minimum Gasteiger partial charge on any atom is -0.508 e. The Bertz CT molecular complexity index is 812. The Kier molecular flexibility index (Phi) is 5.63. The van der Waals surface area contributed by atoms with Gasteiger partial charge in [0.25, 0.3) is 0 Å². The van der Waals surface area contributed by atoms with E-state index in [9.17, 15) is 10.2 Å². The molecule has 2 aliphatic rings. The molecule has 2 N–H and O–H groups in total. The van der Waals surface area contributed by atoms with Crippen LogP contribution in [0.25, 0.3) is 0 Å². The molecule has 2 aromatic carbocycles. The summed E-state index contributed by atoms with van der Waals surface area (Å²) in [7, 11) is 4.19. The molecule has 150 valence electrons. The van der Waals surface area contributed by atoms with Gasteiger partial charge in [-0.25, -0.2) is 0 Å². The normalized spacial score (nSPS) is 24.0. The fourth-order valence-corrected chi connectivity index (χ4v) is 5.51. The molecule has 1 saturated carbocycles. The highest BCUT2D eigenvalue weighted by molar-refractivity contribution is 5.47. The standard InChI is InChI=1S/C25H33NO2/c1-26(2)13-5-6-18-14-19-15-23(17-9-11-20(27)12-10-17)21-7-3-4-8-22(21)24(19)16-25(18)28/h9-12,14,16,21-23,27-28H,3-8,13,15H2,1-2H3/t21-,22+,23-/m0/s1. The van der Waals surface area contributed by atoms with Gasteiger partial charge in [0.2, 0.25) is 0 Å². The van der Waals surface area contributed by atoms with E-state index in [1.165, 1.54) is 42.4 Å². The van der Waals surface area contributed by atoms with Crippen LogP contribution < -0.4 is 0 Å². The van der Waals surface area contributed by atoms with E-state index >= 15 is 0 Å². The third kappa shape index (κ3) is 3.91. The number of phenols is 2. The molecule has 0 spiro atoms. The second-order valence-corrected chi connectivity index (χ2v) is 9.04. The monoisotopic (exact) mass is 379 g/mol. The summed E-state index contributed by atoms with van der Waals surface area (Å²) in [6.07, 6.45) is 8.12. The van der Waals surface area contributed by atoms with E-state index in [2.05, 4.69) is 43.3 Å². The fourth-order valence-electron chi connectivity index (χ4n) is 5.51. The van der Waals surface area contributed by atoms with E-state index in [-0.39, 0.29) is 0 Å². The van der Waals surface area contributed by atoms with Gasteiger partial charge in [0.05, 0.1) is 0 Å². The first-order valence-corrected chi connectivity index (χ1v) is 10.8. The zero-order chi connectivity index (χ0) is 19.7. The van der Waals surface area contributed by atoms with E-state index in [4.69, 9.17) is 0 Å². The summed E-state index contributed by atoms with van der Waals surface area (Å²) in [5.41, 5.74) is 5.27. The number of nitrogens with zero attached hydrogens (tertiary/aromatic N) is 1. The molecule has 28 heavy (non-hydrogen) atoms. The Morgan fingerprint density at radius 1 is 0.964 bits per heavy atom. The molecule has 0 heterocycles. The van der Waals surface area contributed by atoms with Crippen LogP contribution in [-0.4, -0.2) is 35.8 Å². The van der Waals surface area contributed by atoms with Crippen molar-refractivity contribution >= 4 is 0 Å². The molecule has 2 aromatic rings. The largest absolute Gasteiger partial charge is 0.508 e. The molecule has 1 fully saturated rings. The molecule has 0 unspecified atom stereocenters. The molecular weight excluding hydrogens is 346 g/mol. The molecular formula is C25H33NO2. The lowest BCUT2D eigenvalue weighted by Crippen LogP contribution is -2.31. The van der Waals surface area contributed by atoms with Crippen LogP contribution in [0.1, 0.15) is 66.2 Å². The van der Waals surface area contributed by atoms with Crippen LogP contribution in [0.4, 0.5) is 0 Å². The average Bonchev–Trinajstić information content (AvgIpc) is 2.68. The summed E-state index contributed by atoms with van der Waals surface area (Å²) in [6.45, 7) is 1.04. The van der Waals surface area contributed by atoms with Gasteiger partial charge in [-0.15, -0.1) is 0 Å². The molecule has 0 aromatic heterocycles. The molecule has 3 heteroatoms. The first-order chi connectivity index (χ1) is 13.5. The topological polar surface area (TPSA) is 43.7 Å². The minimum absolute atomic E-state index is 0.341. The SMILES string of the molecule is CN(C)CCCc1cc2c(cc1O)[C@@H]1CCCC[C@@H]1[C@H](c1ccc(O)cc1)C2. The second-order valence-electron chi connectivity index (χ2n) is 9.04. The minimum atomic E-state index is 0.341. The maximum absolute atomic E-state index is 10.7. The van der Waals surface area contributed by atoms with Crippen molar-refractivity contribution < 1.29 is 10.2 Å². The predicted octanol–water partition coefficient (Wildman–Crippen LogP) is 5.21. The molecule has 3 atom stereocenters. The van der Waals surface area contributed by atoms with Gasteiger partial charge in [-0.2, -0.15) is 0 Å². The van der Waals surface area contributed by atoms with Crippen LogP contribution in [0.2, 0.25) is 0 Å². The summed E-state index contributed by atoms with van der Waals surface area (Å²) in [5.74, 6) is 2.54. The van der Waals surface area contributed by atoms with Crippen molar-refractivity contribution in [3.05, 3.63) is 58.7 Å². The van der Waals surface area contributed by atoms with Crippen molar-refractivity contribution in [1.82, 2.24) is 4.90 Å². The quantitative estimate of drug-likeness (QED) is 0.750. The van der Waals surface area contributed by atoms with Crippen molar-refractivity contribution in [1.29, 1.82) is 0 Å². The second kappa shape index (κ2) is 8.16. The van der Waals surface area contributed by atoms with Crippen molar-refractivity contribution in [2.24, 2.45) is 5.92 Å². The van der Waals surface area contributed by atoms with Crippen molar-refractivity contribution in [3.63, 3.8) is 0 Å². The number of phenolic OH excluding ortho intramolecular Hbond substituents is 2. The fraction of sp³-hybridized carbons (Fsp3) is 0.520. The summed E-state index contributed by atoms with van der Waals surface area (Å²) in [4.78, 5) is 2.20. The lowest BCUT2D eigenvalue weighted by molar-refractivity contribution is 0.242. The maximum Gasteiger partial charge on any atom is 0.119 e. The zero-order valence-electron chi connectivity index (χ0n) is 17.2. The molecule has 0 amide bonds. The molecule has 0 saturated heterocycles. The van der Waals surface area contributed by atoms with Crippen LogP contribution in [0, 0.1) is 5.92 Å². The van der Waals surface area contributed by atoms with Crippen LogP contribution >= 0.6 is 0 Å². The number of rotatable bonds is 5. The van der Waals surface area contributed by atoms with Gasteiger partial charge in [0.15, 0.2) is 0 Å². The van der Waals surface area contributed by atoms with E-state index in [0.717, 1.165) is 31.4 Å². The van der Waals surface area contributed by atoms with Crippen LogP contribution in [0.5, 0.6) is 11.5 Å². The van der Waals surface area contributed by atoms with Crippen LogP contribution in [-0.2, 0) is 12.8 Å². The van der Waals surface area contributed by atoms with Gasteiger partial charge in [-0.1, -0.05) is 31.0 Å². The van der Waals surface area contributed by atoms with Crippen molar-refractivity contribution in [2.45, 2.75) is 56.8 Å². The van der Waals surface area contributed by atoms with Crippen LogP contribution in [0.15, 0.2) is 36.4 Å². The van der Waals surface area contributed by atoms with Gasteiger partial charge in [-0.05, 0) is 111 Å². The van der Waals surface area contributed by atoms with Gasteiger partial charge >= 0.3 is 0 Å². The lowest BCUT2D eigenvalue weighted by Gasteiger charge is -2.43. The Balaban J connectivity index is 1.66. The first kappa shape index (κ1) is 19.3. The Hall–Kier alpha value is -2.00. The van der Waals surface area contributed by atoms with Crippen molar-refractivity contribution in [2.75, 3.05) is 20.6 Å². The highest BCUT2D eigenvalue weighted by Gasteiger charge is 2.39. The molecule has 0 bridgehead atoms. The smallest absolute Gasteiger partial charge is 0.119 e. The van der Waals surface area contributed by atoms with Crippen LogP contribution in [0.3, 0.4) is 0 Å². The number of fused-ring (bicyclic) bond motifs is 3. The summed E-state index contributed by atoms with van der Waals surface area (Å²) < 4.78 is 0. The molecule has 4 rings (SSSR count). The third-order valence-electron chi connectivity index (χ3n) is 6.89. The van der Waals surface area contributed by atoms with Crippen molar-refractivity contribution in [3.8, 4) is 11.5 Å². The maximum atomic E-state index is 10.7. The Labute approximate surface area is 169 Å². The summed E-state index contributed by atoms with van der Waals surface area (Å²) in [6, 6.07) is 12.2. The molecule has 3 nitrogen and oxygen atoms in total. The zero-order valence-corrected chi connectivity index (χ0v) is 17.2. The van der Waals surface area contributed by atoms with E-state index in [1.54, 1.807) is 0 Å². The molecule has 2 aliphatic carbocycles. The highest BCUT2D eigenvalue weighted by atomic mass is 16.3. The number of hydrogen-bond acceptors (Lipinski definition) is 3. The summed E-state index contributed by atoms with van der Waals surface area (Å²) >= 11 is 0. The van der Waals surface area contributed by atoms with Gasteiger partial charge < -0.3 is 15.1 Å². The van der Waals surface area contributed by atoms with E-state index in [1.807, 2.05) is 12.1 Å². The van der Waals surface area contributed by atoms with Gasteiger partial charge in [0, 0.05) is 0 Å². The lowest BCUT2D eigenvalue weighted by atomic mass is 9.61. The van der Waals surface area contributed by atoms with Gasteiger partial charge in [0.1, 0.15) is 11.5 Å². The van der Waals surface area contributed by atoms with E-state index < -0.39 is 0 Å². The number of benzene rings is 2. The molecule has 0 aliphatic heterocycles. The average molecular weight is 380 g/mol. The highest BCUT2D eigenvalue weighted by Crippen LogP contribution is 2.52. The summed E-state index contributed by atoms with van der Waals surface area (Å²) in [5, 5.41) is 20.4. The first-order valence-electron chi connectivity index (χ1n) is 10.8. The number of aromatic hydroxyl groups is 2. The Morgan fingerprint density at radius 3 is 2.46 bits per heavy atom. The third-order valence-corrected chi connectivity index (χ3v) is 6.89. The predicted molar refractivity (Wildman–Crippen MR) is 114 cm³/mol. The number of hydrogen-bond donors (Lipinski definition) is 2. The van der Waals surface area contributed by atoms with Gasteiger partial charge in [-0.3, -0.25) is 0 Å².